The van der Waals surface area contributed by atoms with Crippen LogP contribution in [0.1, 0.15) is 35.9 Å². The molecule has 1 fully saturated rings. The summed E-state index contributed by atoms with van der Waals surface area (Å²) in [5.74, 6) is 0.215. The van der Waals surface area contributed by atoms with Crippen molar-refractivity contribution in [1.82, 2.24) is 0 Å². The van der Waals surface area contributed by atoms with Gasteiger partial charge >= 0.3 is 0 Å². The van der Waals surface area contributed by atoms with E-state index in [4.69, 9.17) is 4.74 Å². The lowest BCUT2D eigenvalue weighted by Crippen LogP contribution is -2.34. The minimum absolute atomic E-state index is 0.102. The number of fused-ring (bicyclic) bond motifs is 3. The molecule has 0 N–H and O–H groups in total. The number of rotatable bonds is 0. The Labute approximate surface area is 82.9 Å². The van der Waals surface area contributed by atoms with E-state index in [1.165, 1.54) is 0 Å². The molecule has 0 aromatic heterocycles. The number of carbonyl (C=O) groups is 1. The van der Waals surface area contributed by atoms with Gasteiger partial charge in [0.2, 0.25) is 0 Å². The molecule has 2 heteroatoms. The van der Waals surface area contributed by atoms with E-state index in [2.05, 4.69) is 0 Å². The van der Waals surface area contributed by atoms with Crippen molar-refractivity contribution in [2.45, 2.75) is 26.1 Å². The van der Waals surface area contributed by atoms with Crippen molar-refractivity contribution in [2.24, 2.45) is 5.41 Å². The van der Waals surface area contributed by atoms with Crippen molar-refractivity contribution in [3.05, 3.63) is 35.4 Å². The van der Waals surface area contributed by atoms with Gasteiger partial charge in [0.15, 0.2) is 5.78 Å². The van der Waals surface area contributed by atoms with Gasteiger partial charge < -0.3 is 4.74 Å². The quantitative estimate of drug-likeness (QED) is 0.585. The molecule has 1 aliphatic heterocycles. The first-order valence-electron chi connectivity index (χ1n) is 4.91. The van der Waals surface area contributed by atoms with Gasteiger partial charge in [-0.3, -0.25) is 4.79 Å². The predicted octanol–water partition coefficient (Wildman–Crippen LogP) is 2.35. The molecule has 1 heterocycles. The number of benzene rings is 1. The molecule has 0 amide bonds. The summed E-state index contributed by atoms with van der Waals surface area (Å²) < 4.78 is 5.57. The van der Waals surface area contributed by atoms with Gasteiger partial charge in [-0.25, -0.2) is 0 Å². The van der Waals surface area contributed by atoms with Crippen LogP contribution in [0.5, 0.6) is 0 Å². The van der Waals surface area contributed by atoms with E-state index in [9.17, 15) is 4.79 Å². The summed E-state index contributed by atoms with van der Waals surface area (Å²) >= 11 is 0. The minimum atomic E-state index is -0.348. The second-order valence-corrected chi connectivity index (χ2v) is 4.62. The molecule has 0 radical (unpaired) electrons. The van der Waals surface area contributed by atoms with Gasteiger partial charge in [0.1, 0.15) is 12.2 Å². The molecule has 3 rings (SSSR count). The van der Waals surface area contributed by atoms with Gasteiger partial charge in [-0.15, -0.1) is 0 Å². The van der Waals surface area contributed by atoms with Crippen LogP contribution in [-0.2, 0) is 4.74 Å². The standard InChI is InChI=1S/C12H12O2/c1-12(2)10(13)8-6-4-3-5-7(8)9-11(12)14-9/h3-6,9,11H,1-2H3. The lowest BCUT2D eigenvalue weighted by Gasteiger charge is -2.25. The normalized spacial score (nSPS) is 32.0. The van der Waals surface area contributed by atoms with Crippen LogP contribution < -0.4 is 0 Å². The van der Waals surface area contributed by atoms with Crippen molar-refractivity contribution in [2.75, 3.05) is 0 Å². The maximum absolute atomic E-state index is 12.1. The predicted molar refractivity (Wildman–Crippen MR) is 52.2 cm³/mol. The molecule has 2 nitrogen and oxygen atoms in total. The zero-order valence-corrected chi connectivity index (χ0v) is 8.28. The first-order valence-corrected chi connectivity index (χ1v) is 4.91. The van der Waals surface area contributed by atoms with Crippen molar-refractivity contribution < 1.29 is 9.53 Å². The first-order chi connectivity index (χ1) is 6.62. The van der Waals surface area contributed by atoms with E-state index in [0.717, 1.165) is 11.1 Å². The van der Waals surface area contributed by atoms with E-state index in [0.29, 0.717) is 0 Å². The molecule has 0 saturated carbocycles. The molecule has 1 aromatic carbocycles. The molecule has 2 atom stereocenters. The van der Waals surface area contributed by atoms with Gasteiger partial charge in [-0.05, 0) is 19.4 Å². The molecule has 2 aliphatic rings. The Morgan fingerprint density at radius 3 is 2.79 bits per heavy atom. The van der Waals surface area contributed by atoms with Crippen LogP contribution in [0.3, 0.4) is 0 Å². The average Bonchev–Trinajstić information content (AvgIpc) is 2.95. The van der Waals surface area contributed by atoms with Gasteiger partial charge in [-0.1, -0.05) is 24.3 Å². The summed E-state index contributed by atoms with van der Waals surface area (Å²) in [6.07, 6.45) is 0.267. The van der Waals surface area contributed by atoms with Crippen molar-refractivity contribution in [3.63, 3.8) is 0 Å². The van der Waals surface area contributed by atoms with Crippen LogP contribution in [0.25, 0.3) is 0 Å². The van der Waals surface area contributed by atoms with Gasteiger partial charge in [0.05, 0.1) is 5.41 Å². The lowest BCUT2D eigenvalue weighted by atomic mass is 9.73. The highest BCUT2D eigenvalue weighted by Crippen LogP contribution is 2.54. The monoisotopic (exact) mass is 188 g/mol. The molecule has 2 unspecified atom stereocenters. The Balaban J connectivity index is 2.22. The third kappa shape index (κ3) is 0.819. The number of Topliss-reactive ketones (excluding diaryl/α,β-unsaturated/α-hetero) is 1. The number of hydrogen-bond acceptors (Lipinski definition) is 2. The average molecular weight is 188 g/mol. The number of ether oxygens (including phenoxy) is 1. The lowest BCUT2D eigenvalue weighted by molar-refractivity contribution is 0.0792. The molecular formula is C12H12O2. The topological polar surface area (TPSA) is 29.6 Å². The highest BCUT2D eigenvalue weighted by atomic mass is 16.6. The minimum Gasteiger partial charge on any atom is -0.363 e. The van der Waals surface area contributed by atoms with Crippen molar-refractivity contribution in [3.8, 4) is 0 Å². The van der Waals surface area contributed by atoms with E-state index in [-0.39, 0.29) is 23.4 Å². The molecule has 0 spiro atoms. The number of carbonyl (C=O) groups excluding carboxylic acids is 1. The molecule has 1 aromatic rings. The Hall–Kier alpha value is -1.15. The molecular weight excluding hydrogens is 176 g/mol. The number of ketones is 1. The third-order valence-corrected chi connectivity index (χ3v) is 3.30. The number of hydrogen-bond donors (Lipinski definition) is 0. The summed E-state index contributed by atoms with van der Waals surface area (Å²) in [4.78, 5) is 12.1. The van der Waals surface area contributed by atoms with E-state index in [1.54, 1.807) is 0 Å². The second-order valence-electron chi connectivity index (χ2n) is 4.62. The summed E-state index contributed by atoms with van der Waals surface area (Å²) in [6.45, 7) is 3.94. The van der Waals surface area contributed by atoms with Crippen LogP contribution in [0.15, 0.2) is 24.3 Å². The molecule has 1 saturated heterocycles. The largest absolute Gasteiger partial charge is 0.363 e. The Morgan fingerprint density at radius 2 is 2.00 bits per heavy atom. The Kier molecular flexibility index (Phi) is 1.32. The fourth-order valence-corrected chi connectivity index (χ4v) is 2.33. The van der Waals surface area contributed by atoms with Crippen molar-refractivity contribution in [1.29, 1.82) is 0 Å². The fraction of sp³-hybridized carbons (Fsp3) is 0.417. The van der Waals surface area contributed by atoms with E-state index < -0.39 is 0 Å². The van der Waals surface area contributed by atoms with E-state index >= 15 is 0 Å². The highest BCUT2D eigenvalue weighted by molar-refractivity contribution is 6.03. The summed E-state index contributed by atoms with van der Waals surface area (Å²) in [5.41, 5.74) is 1.57. The second kappa shape index (κ2) is 2.26. The van der Waals surface area contributed by atoms with Crippen molar-refractivity contribution >= 4 is 5.78 Å². The van der Waals surface area contributed by atoms with Crippen LogP contribution in [0.2, 0.25) is 0 Å². The third-order valence-electron chi connectivity index (χ3n) is 3.30. The summed E-state index contributed by atoms with van der Waals surface area (Å²) in [7, 11) is 0. The molecule has 72 valence electrons. The zero-order valence-electron chi connectivity index (χ0n) is 8.28. The summed E-state index contributed by atoms with van der Waals surface area (Å²) in [6, 6.07) is 7.77. The smallest absolute Gasteiger partial charge is 0.171 e. The highest BCUT2D eigenvalue weighted by Gasteiger charge is 2.58. The first kappa shape index (κ1) is 8.18. The Bertz CT molecular complexity index is 420. The SMILES string of the molecule is CC1(C)C(=O)c2ccccc2C2OC21. The van der Waals surface area contributed by atoms with Crippen LogP contribution in [0.4, 0.5) is 0 Å². The van der Waals surface area contributed by atoms with E-state index in [1.807, 2.05) is 38.1 Å². The maximum atomic E-state index is 12.1. The van der Waals surface area contributed by atoms with Gasteiger partial charge in [0.25, 0.3) is 0 Å². The Morgan fingerprint density at radius 1 is 1.29 bits per heavy atom. The van der Waals surface area contributed by atoms with Crippen LogP contribution in [-0.4, -0.2) is 11.9 Å². The number of epoxide rings is 1. The molecule has 1 aliphatic carbocycles. The maximum Gasteiger partial charge on any atom is 0.171 e. The molecule has 0 bridgehead atoms. The fourth-order valence-electron chi connectivity index (χ4n) is 2.33. The zero-order chi connectivity index (χ0) is 9.92. The van der Waals surface area contributed by atoms with Gasteiger partial charge in [0, 0.05) is 5.56 Å². The summed E-state index contributed by atoms with van der Waals surface area (Å²) in [5, 5.41) is 0. The van der Waals surface area contributed by atoms with Crippen LogP contribution in [0, 0.1) is 5.41 Å². The van der Waals surface area contributed by atoms with Gasteiger partial charge in [-0.2, -0.15) is 0 Å². The molecule has 14 heavy (non-hydrogen) atoms. The van der Waals surface area contributed by atoms with Crippen LogP contribution >= 0.6 is 0 Å².